The van der Waals surface area contributed by atoms with Crippen molar-refractivity contribution < 1.29 is 0 Å². The number of anilines is 1. The Morgan fingerprint density at radius 1 is 1.08 bits per heavy atom. The van der Waals surface area contributed by atoms with E-state index in [9.17, 15) is 0 Å². The molecule has 1 rings (SSSR count). The molecule has 0 radical (unpaired) electrons. The molecule has 0 unspecified atom stereocenters. The maximum Gasteiger partial charge on any atom is 0.132 e. The lowest BCUT2D eigenvalue weighted by molar-refractivity contribution is 0.909. The summed E-state index contributed by atoms with van der Waals surface area (Å²) in [6, 6.07) is 2.00. The highest BCUT2D eigenvalue weighted by Gasteiger charge is 2.02. The number of aliphatic imine (C=N–C) groups is 1. The second-order valence-electron chi connectivity index (χ2n) is 5.04. The Bertz CT molecular complexity index is 478. The van der Waals surface area contributed by atoms with Gasteiger partial charge in [0.1, 0.15) is 11.6 Å². The van der Waals surface area contributed by atoms with Crippen LogP contribution in [0.1, 0.15) is 59.0 Å². The molecule has 0 aliphatic heterocycles. The van der Waals surface area contributed by atoms with Gasteiger partial charge in [-0.05, 0) is 52.8 Å². The van der Waals surface area contributed by atoms with E-state index in [0.717, 1.165) is 36.7 Å². The summed E-state index contributed by atoms with van der Waals surface area (Å²) >= 11 is 0. The minimum absolute atomic E-state index is 0.816. The van der Waals surface area contributed by atoms with Crippen molar-refractivity contribution in [3.8, 4) is 0 Å². The van der Waals surface area contributed by atoms with E-state index in [4.69, 9.17) is 0 Å². The number of hydrogen-bond acceptors (Lipinski definition) is 4. The summed E-state index contributed by atoms with van der Waals surface area (Å²) in [4.78, 5) is 14.5. The number of aryl methyl sites for hydroxylation is 1. The van der Waals surface area contributed by atoms with Gasteiger partial charge >= 0.3 is 0 Å². The Morgan fingerprint density at radius 3 is 2.08 bits per heavy atom. The fourth-order valence-corrected chi connectivity index (χ4v) is 1.61. The molecule has 0 aliphatic carbocycles. The van der Waals surface area contributed by atoms with E-state index in [1.165, 1.54) is 0 Å². The normalized spacial score (nSPS) is 10.5. The quantitative estimate of drug-likeness (QED) is 0.539. The topological polar surface area (TPSA) is 41.4 Å². The summed E-state index contributed by atoms with van der Waals surface area (Å²) < 4.78 is 0. The fourth-order valence-electron chi connectivity index (χ4n) is 1.61. The molecule has 0 saturated heterocycles. The third-order valence-electron chi connectivity index (χ3n) is 2.88. The van der Waals surface area contributed by atoms with E-state index >= 15 is 0 Å². The van der Waals surface area contributed by atoms with Crippen LogP contribution in [0.25, 0.3) is 6.08 Å². The number of nitrogens with zero attached hydrogens (tertiary/aromatic N) is 4. The van der Waals surface area contributed by atoms with E-state index < -0.39 is 0 Å². The average Bonchev–Trinajstić information content (AvgIpc) is 2.56. The molecule has 0 spiro atoms. The molecule has 4 nitrogen and oxygen atoms in total. The largest absolute Gasteiger partial charge is 0.360 e. The molecular weight excluding hydrogens is 296 g/mol. The number of rotatable bonds is 5. The van der Waals surface area contributed by atoms with Crippen molar-refractivity contribution in [1.82, 2.24) is 9.97 Å². The van der Waals surface area contributed by atoms with Gasteiger partial charge in [0.05, 0.1) is 5.69 Å². The Morgan fingerprint density at radius 2 is 1.75 bits per heavy atom. The number of aromatic nitrogens is 2. The van der Waals surface area contributed by atoms with E-state index in [-0.39, 0.29) is 0 Å². The van der Waals surface area contributed by atoms with Crippen LogP contribution in [0, 0.1) is 6.92 Å². The van der Waals surface area contributed by atoms with Gasteiger partial charge in [-0.25, -0.2) is 9.97 Å². The molecule has 0 aliphatic rings. The average molecular weight is 333 g/mol. The minimum atomic E-state index is 0.816. The highest BCUT2D eigenvalue weighted by atomic mass is 15.2. The highest BCUT2D eigenvalue weighted by molar-refractivity contribution is 5.56. The summed E-state index contributed by atoms with van der Waals surface area (Å²) in [5, 5.41) is 0. The van der Waals surface area contributed by atoms with E-state index in [2.05, 4.69) is 52.8 Å². The smallest absolute Gasteiger partial charge is 0.132 e. The Hall–Kier alpha value is -1.97. The zero-order valence-electron chi connectivity index (χ0n) is 16.9. The van der Waals surface area contributed by atoms with Crippen molar-refractivity contribution in [3.63, 3.8) is 0 Å². The van der Waals surface area contributed by atoms with Gasteiger partial charge in [0, 0.05) is 26.7 Å². The van der Waals surface area contributed by atoms with E-state index in [0.29, 0.717) is 0 Å². The van der Waals surface area contributed by atoms with Crippen LogP contribution in [0.3, 0.4) is 0 Å². The molecule has 0 amide bonds. The summed E-state index contributed by atoms with van der Waals surface area (Å²) in [6.45, 7) is 13.2. The third-order valence-corrected chi connectivity index (χ3v) is 2.88. The van der Waals surface area contributed by atoms with Crippen LogP contribution >= 0.6 is 0 Å². The first-order valence-corrected chi connectivity index (χ1v) is 8.71. The van der Waals surface area contributed by atoms with Crippen LogP contribution in [0.15, 0.2) is 29.3 Å². The van der Waals surface area contributed by atoms with E-state index in [1.54, 1.807) is 7.05 Å². The molecule has 4 heteroatoms. The molecule has 1 aromatic heterocycles. The predicted octanol–water partition coefficient (Wildman–Crippen LogP) is 5.34. The minimum Gasteiger partial charge on any atom is -0.360 e. The van der Waals surface area contributed by atoms with Crippen LogP contribution in [-0.4, -0.2) is 36.8 Å². The predicted molar refractivity (Wildman–Crippen MR) is 110 cm³/mol. The third kappa shape index (κ3) is 13.7. The van der Waals surface area contributed by atoms with Crippen molar-refractivity contribution >= 4 is 18.1 Å². The van der Waals surface area contributed by atoms with Crippen LogP contribution < -0.4 is 4.90 Å². The molecule has 0 N–H and O–H groups in total. The van der Waals surface area contributed by atoms with Crippen LogP contribution in [0.5, 0.6) is 0 Å². The van der Waals surface area contributed by atoms with Gasteiger partial charge in [-0.2, -0.15) is 0 Å². The molecule has 0 saturated carbocycles. The SMILES string of the molecule is C/C=C/CC.C/C=C/c1cc(N(C)CC)nc(C)n1.CCC=NC. The Balaban J connectivity index is 0. The zero-order chi connectivity index (χ0) is 18.8. The second-order valence-corrected chi connectivity index (χ2v) is 5.04. The Labute approximate surface area is 149 Å². The number of hydrogen-bond donors (Lipinski definition) is 0. The molecule has 24 heavy (non-hydrogen) atoms. The van der Waals surface area contributed by atoms with E-state index in [1.807, 2.05) is 52.3 Å². The van der Waals surface area contributed by atoms with Crippen molar-refractivity contribution in [1.29, 1.82) is 0 Å². The van der Waals surface area contributed by atoms with Gasteiger partial charge < -0.3 is 9.89 Å². The molecule has 0 aromatic carbocycles. The molecule has 0 bridgehead atoms. The molecular formula is C20H36N4. The van der Waals surface area contributed by atoms with Crippen LogP contribution in [0.2, 0.25) is 0 Å². The number of allylic oxidation sites excluding steroid dienone is 3. The Kier molecular flexibility index (Phi) is 17.6. The molecule has 0 fully saturated rings. The lowest BCUT2D eigenvalue weighted by Gasteiger charge is -2.15. The fraction of sp³-hybridized carbons (Fsp3) is 0.550. The summed E-state index contributed by atoms with van der Waals surface area (Å²) in [7, 11) is 3.81. The van der Waals surface area contributed by atoms with Gasteiger partial charge in [0.15, 0.2) is 0 Å². The first kappa shape index (κ1) is 24.3. The first-order valence-electron chi connectivity index (χ1n) is 8.71. The van der Waals surface area contributed by atoms with Crippen molar-refractivity contribution in [2.45, 2.75) is 54.4 Å². The van der Waals surface area contributed by atoms with Gasteiger partial charge in [0.25, 0.3) is 0 Å². The van der Waals surface area contributed by atoms with Crippen LogP contribution in [-0.2, 0) is 0 Å². The lowest BCUT2D eigenvalue weighted by atomic mass is 10.3. The van der Waals surface area contributed by atoms with Crippen molar-refractivity contribution in [2.24, 2.45) is 4.99 Å². The maximum atomic E-state index is 4.37. The second kappa shape index (κ2) is 17.4. The first-order chi connectivity index (χ1) is 11.5. The van der Waals surface area contributed by atoms with Crippen LogP contribution in [0.4, 0.5) is 5.82 Å². The van der Waals surface area contributed by atoms with Gasteiger partial charge in [0.2, 0.25) is 0 Å². The van der Waals surface area contributed by atoms with Gasteiger partial charge in [-0.1, -0.05) is 32.1 Å². The van der Waals surface area contributed by atoms with Crippen molar-refractivity contribution in [2.75, 3.05) is 25.5 Å². The van der Waals surface area contributed by atoms with Gasteiger partial charge in [-0.15, -0.1) is 0 Å². The molecule has 1 heterocycles. The van der Waals surface area contributed by atoms with Crippen molar-refractivity contribution in [3.05, 3.63) is 35.8 Å². The summed E-state index contributed by atoms with van der Waals surface area (Å²) in [6.07, 6.45) is 12.2. The van der Waals surface area contributed by atoms with Gasteiger partial charge in [-0.3, -0.25) is 0 Å². The summed E-state index contributed by atoms with van der Waals surface area (Å²) in [5.74, 6) is 1.80. The highest BCUT2D eigenvalue weighted by Crippen LogP contribution is 2.11. The molecule has 1 aromatic rings. The monoisotopic (exact) mass is 332 g/mol. The molecule has 136 valence electrons. The standard InChI is InChI=1S/C11H17N3.C5H10.C4H9N/c1-5-7-10-8-11(14(4)6-2)13-9(3)12-10;1-3-5-4-2;1-3-4-5-2/h5,7-8H,6H2,1-4H3;3,5H,4H2,1-2H3;4H,3H2,1-2H3/b7-5+;5-3+;. The lowest BCUT2D eigenvalue weighted by Crippen LogP contribution is -2.18. The molecule has 0 atom stereocenters. The summed E-state index contributed by atoms with van der Waals surface area (Å²) in [5.41, 5.74) is 0.968. The zero-order valence-corrected chi connectivity index (χ0v) is 16.9. The maximum absolute atomic E-state index is 4.37.